The molecule has 2 N–H and O–H groups in total. The summed E-state index contributed by atoms with van der Waals surface area (Å²) in [5.41, 5.74) is 3.18. The molecule has 0 radical (unpaired) electrons. The zero-order valence-electron chi connectivity index (χ0n) is 17.4. The molecule has 0 saturated carbocycles. The summed E-state index contributed by atoms with van der Waals surface area (Å²) in [7, 11) is 1.58. The summed E-state index contributed by atoms with van der Waals surface area (Å²) in [5, 5.41) is 6.62. The summed E-state index contributed by atoms with van der Waals surface area (Å²) in [6.45, 7) is 3.71. The maximum atomic E-state index is 13.0. The molecule has 0 bridgehead atoms. The molecule has 160 valence electrons. The van der Waals surface area contributed by atoms with Crippen molar-refractivity contribution in [3.63, 3.8) is 0 Å². The highest BCUT2D eigenvalue weighted by Gasteiger charge is 2.19. The summed E-state index contributed by atoms with van der Waals surface area (Å²) in [4.78, 5) is 29.9. The Morgan fingerprint density at radius 3 is 2.45 bits per heavy atom. The maximum Gasteiger partial charge on any atom is 0.258 e. The number of hydrogen-bond acceptors (Lipinski definition) is 5. The topological polar surface area (TPSA) is 80.3 Å². The van der Waals surface area contributed by atoms with Crippen molar-refractivity contribution >= 4 is 46.6 Å². The average Bonchev–Trinajstić information content (AvgIpc) is 2.74. The number of thioether (sulfide) groups is 1. The number of halogens is 1. The SMILES string of the molecule is COc1ccc(NC(=O)c2c(C)cc(C)nc2SCC(=O)Nc2ccccc2Cl)cc1. The molecule has 31 heavy (non-hydrogen) atoms. The number of rotatable bonds is 7. The number of carbonyl (C=O) groups is 2. The predicted molar refractivity (Wildman–Crippen MR) is 125 cm³/mol. The number of hydrogen-bond donors (Lipinski definition) is 2. The number of aromatic nitrogens is 1. The van der Waals surface area contributed by atoms with Gasteiger partial charge < -0.3 is 15.4 Å². The molecule has 0 aliphatic heterocycles. The van der Waals surface area contributed by atoms with Gasteiger partial charge in [-0.25, -0.2) is 4.98 Å². The van der Waals surface area contributed by atoms with Crippen molar-refractivity contribution in [3.8, 4) is 5.75 Å². The molecule has 2 amide bonds. The lowest BCUT2D eigenvalue weighted by Crippen LogP contribution is -2.18. The van der Waals surface area contributed by atoms with Gasteiger partial charge in [-0.05, 0) is 61.9 Å². The van der Waals surface area contributed by atoms with Crippen molar-refractivity contribution < 1.29 is 14.3 Å². The fourth-order valence-electron chi connectivity index (χ4n) is 2.93. The van der Waals surface area contributed by atoms with Crippen LogP contribution in [-0.2, 0) is 4.79 Å². The Morgan fingerprint density at radius 1 is 1.06 bits per heavy atom. The molecule has 0 aliphatic rings. The van der Waals surface area contributed by atoms with Gasteiger partial charge in [0.05, 0.1) is 29.1 Å². The normalized spacial score (nSPS) is 10.5. The maximum absolute atomic E-state index is 13.0. The Morgan fingerprint density at radius 2 is 1.77 bits per heavy atom. The summed E-state index contributed by atoms with van der Waals surface area (Å²) >= 11 is 7.30. The lowest BCUT2D eigenvalue weighted by atomic mass is 10.1. The van der Waals surface area contributed by atoms with Crippen molar-refractivity contribution in [2.45, 2.75) is 18.9 Å². The van der Waals surface area contributed by atoms with Gasteiger partial charge in [-0.3, -0.25) is 9.59 Å². The van der Waals surface area contributed by atoms with Crippen LogP contribution in [-0.4, -0.2) is 29.7 Å². The Labute approximate surface area is 190 Å². The van der Waals surface area contributed by atoms with Crippen LogP contribution in [0.4, 0.5) is 11.4 Å². The Hall–Kier alpha value is -3.03. The summed E-state index contributed by atoms with van der Waals surface area (Å²) < 4.78 is 5.14. The third kappa shape index (κ3) is 5.99. The zero-order valence-corrected chi connectivity index (χ0v) is 18.9. The van der Waals surface area contributed by atoms with Crippen LogP contribution < -0.4 is 15.4 Å². The van der Waals surface area contributed by atoms with Gasteiger partial charge in [0.1, 0.15) is 10.8 Å². The number of amides is 2. The molecule has 3 rings (SSSR count). The van der Waals surface area contributed by atoms with E-state index in [9.17, 15) is 9.59 Å². The lowest BCUT2D eigenvalue weighted by molar-refractivity contribution is -0.113. The first kappa shape index (κ1) is 22.7. The second-order valence-electron chi connectivity index (χ2n) is 6.76. The molecule has 1 heterocycles. The number of nitrogens with one attached hydrogen (secondary N) is 2. The molecule has 8 heteroatoms. The first-order chi connectivity index (χ1) is 14.9. The van der Waals surface area contributed by atoms with E-state index in [1.54, 1.807) is 55.6 Å². The second-order valence-corrected chi connectivity index (χ2v) is 8.13. The Kier molecular flexibility index (Phi) is 7.55. The van der Waals surface area contributed by atoms with Crippen LogP contribution >= 0.6 is 23.4 Å². The van der Waals surface area contributed by atoms with Crippen LogP contribution in [0.25, 0.3) is 0 Å². The molecular formula is C23H22ClN3O3S. The standard InChI is InChI=1S/C23H22ClN3O3S/c1-14-12-15(2)25-23(31-13-20(28)27-19-7-5-4-6-18(19)24)21(14)22(29)26-16-8-10-17(30-3)11-9-16/h4-12H,13H2,1-3H3,(H,26,29)(H,27,28). The number of benzene rings is 2. The fraction of sp³-hybridized carbons (Fsp3) is 0.174. The minimum Gasteiger partial charge on any atom is -0.497 e. The molecule has 0 aliphatic carbocycles. The molecule has 6 nitrogen and oxygen atoms in total. The third-order valence-corrected chi connectivity index (χ3v) is 5.68. The van der Waals surface area contributed by atoms with E-state index < -0.39 is 0 Å². The van der Waals surface area contributed by atoms with Crippen LogP contribution in [0.5, 0.6) is 5.75 Å². The van der Waals surface area contributed by atoms with Crippen LogP contribution in [0, 0.1) is 13.8 Å². The summed E-state index contributed by atoms with van der Waals surface area (Å²) in [5.74, 6) is 0.265. The van der Waals surface area contributed by atoms with Gasteiger partial charge in [0.25, 0.3) is 5.91 Å². The van der Waals surface area contributed by atoms with E-state index in [-0.39, 0.29) is 17.6 Å². The number of methoxy groups -OCH3 is 1. The molecule has 2 aromatic carbocycles. The average molecular weight is 456 g/mol. The number of pyridine rings is 1. The fourth-order valence-corrected chi connectivity index (χ4v) is 4.06. The van der Waals surface area contributed by atoms with E-state index in [4.69, 9.17) is 16.3 Å². The minimum absolute atomic E-state index is 0.0872. The molecule has 0 spiro atoms. The zero-order chi connectivity index (χ0) is 22.4. The molecule has 0 saturated heterocycles. The van der Waals surface area contributed by atoms with Crippen molar-refractivity contribution in [3.05, 3.63) is 76.4 Å². The quantitative estimate of drug-likeness (QED) is 0.470. The number of nitrogens with zero attached hydrogens (tertiary/aromatic N) is 1. The van der Waals surface area contributed by atoms with E-state index in [1.165, 1.54) is 11.8 Å². The van der Waals surface area contributed by atoms with Gasteiger partial charge in [-0.1, -0.05) is 35.5 Å². The van der Waals surface area contributed by atoms with Crippen LogP contribution in [0.15, 0.2) is 59.6 Å². The first-order valence-electron chi connectivity index (χ1n) is 9.48. The highest BCUT2D eigenvalue weighted by Crippen LogP contribution is 2.27. The van der Waals surface area contributed by atoms with Gasteiger partial charge in [0, 0.05) is 11.4 Å². The van der Waals surface area contributed by atoms with Crippen LogP contribution in [0.2, 0.25) is 5.02 Å². The summed E-state index contributed by atoms with van der Waals surface area (Å²) in [6, 6.07) is 15.9. The Balaban J connectivity index is 1.75. The lowest BCUT2D eigenvalue weighted by Gasteiger charge is -2.13. The second kappa shape index (κ2) is 10.3. The van der Waals surface area contributed by atoms with Gasteiger partial charge in [-0.15, -0.1) is 0 Å². The van der Waals surface area contributed by atoms with E-state index in [0.29, 0.717) is 32.7 Å². The van der Waals surface area contributed by atoms with Gasteiger partial charge in [0.2, 0.25) is 5.91 Å². The molecule has 0 fully saturated rings. The van der Waals surface area contributed by atoms with Crippen molar-refractivity contribution in [1.29, 1.82) is 0 Å². The molecule has 3 aromatic rings. The minimum atomic E-state index is -0.288. The number of para-hydroxylation sites is 1. The number of carbonyl (C=O) groups excluding carboxylic acids is 2. The van der Waals surface area contributed by atoms with Gasteiger partial charge in [-0.2, -0.15) is 0 Å². The van der Waals surface area contributed by atoms with E-state index in [2.05, 4.69) is 15.6 Å². The molecule has 1 aromatic heterocycles. The highest BCUT2D eigenvalue weighted by molar-refractivity contribution is 8.00. The van der Waals surface area contributed by atoms with E-state index in [1.807, 2.05) is 19.9 Å². The number of ether oxygens (including phenoxy) is 1. The number of aryl methyl sites for hydroxylation is 2. The molecular weight excluding hydrogens is 434 g/mol. The van der Waals surface area contributed by atoms with E-state index >= 15 is 0 Å². The smallest absolute Gasteiger partial charge is 0.258 e. The van der Waals surface area contributed by atoms with Crippen molar-refractivity contribution in [2.75, 3.05) is 23.5 Å². The van der Waals surface area contributed by atoms with E-state index in [0.717, 1.165) is 11.3 Å². The highest BCUT2D eigenvalue weighted by atomic mass is 35.5. The molecule has 0 unspecified atom stereocenters. The van der Waals surface area contributed by atoms with Crippen molar-refractivity contribution in [1.82, 2.24) is 4.98 Å². The summed E-state index contributed by atoms with van der Waals surface area (Å²) in [6.07, 6.45) is 0. The molecule has 0 atom stereocenters. The third-order valence-electron chi connectivity index (χ3n) is 4.37. The first-order valence-corrected chi connectivity index (χ1v) is 10.8. The van der Waals surface area contributed by atoms with Crippen molar-refractivity contribution in [2.24, 2.45) is 0 Å². The van der Waals surface area contributed by atoms with Gasteiger partial charge >= 0.3 is 0 Å². The van der Waals surface area contributed by atoms with Crippen LogP contribution in [0.3, 0.4) is 0 Å². The largest absolute Gasteiger partial charge is 0.497 e. The van der Waals surface area contributed by atoms with Crippen LogP contribution in [0.1, 0.15) is 21.6 Å². The number of anilines is 2. The predicted octanol–water partition coefficient (Wildman–Crippen LogP) is 5.34. The van der Waals surface area contributed by atoms with Gasteiger partial charge in [0.15, 0.2) is 0 Å². The Bertz CT molecular complexity index is 1100. The monoisotopic (exact) mass is 455 g/mol.